The van der Waals surface area contributed by atoms with Crippen LogP contribution in [-0.4, -0.2) is 9.13 Å². The van der Waals surface area contributed by atoms with Crippen molar-refractivity contribution in [3.8, 4) is 33.6 Å². The van der Waals surface area contributed by atoms with Gasteiger partial charge in [-0.1, -0.05) is 141 Å². The fourth-order valence-electron chi connectivity index (χ4n) is 10.2. The molecule has 2 aromatic heterocycles. The molecule has 3 nitrogen and oxygen atoms in total. The lowest BCUT2D eigenvalue weighted by Crippen LogP contribution is -2.16. The minimum Gasteiger partial charge on any atom is -0.310 e. The number of aromatic nitrogens is 2. The maximum absolute atomic E-state index is 2.52. The van der Waals surface area contributed by atoms with Crippen molar-refractivity contribution in [3.63, 3.8) is 0 Å². The number of hydrogen-bond acceptors (Lipinski definition) is 1. The molecule has 0 radical (unpaired) electrons. The minimum atomic E-state index is -0.186. The van der Waals surface area contributed by atoms with Gasteiger partial charge in [0.25, 0.3) is 0 Å². The molecule has 0 spiro atoms. The minimum absolute atomic E-state index is 0.186. The van der Waals surface area contributed by atoms with E-state index in [2.05, 4.69) is 240 Å². The molecule has 0 atom stereocenters. The van der Waals surface area contributed by atoms with Gasteiger partial charge in [0, 0.05) is 55.4 Å². The quantitative estimate of drug-likeness (QED) is 0.164. The maximum Gasteiger partial charge on any atom is 0.0588 e. The first-order valence-corrected chi connectivity index (χ1v) is 20.9. The van der Waals surface area contributed by atoms with Gasteiger partial charge in [-0.2, -0.15) is 0 Å². The van der Waals surface area contributed by atoms with Gasteiger partial charge in [0.2, 0.25) is 0 Å². The summed E-state index contributed by atoms with van der Waals surface area (Å²) in [5, 5.41) is 5.01. The Balaban J connectivity index is 1.05. The zero-order valence-electron chi connectivity index (χ0n) is 33.5. The van der Waals surface area contributed by atoms with Crippen LogP contribution in [-0.2, 0) is 5.41 Å². The van der Waals surface area contributed by atoms with E-state index in [9.17, 15) is 0 Å². The number of anilines is 3. The molecule has 12 rings (SSSR count). The summed E-state index contributed by atoms with van der Waals surface area (Å²) in [6.45, 7) is 4.79. The number of hydrogen-bond donors (Lipinski definition) is 0. The Morgan fingerprint density at radius 1 is 0.367 bits per heavy atom. The summed E-state index contributed by atoms with van der Waals surface area (Å²) in [6, 6.07) is 77.6. The maximum atomic E-state index is 2.52. The average molecular weight is 768 g/mol. The van der Waals surface area contributed by atoms with Crippen LogP contribution in [0.4, 0.5) is 17.1 Å². The van der Waals surface area contributed by atoms with Crippen molar-refractivity contribution >= 4 is 60.7 Å². The Labute approximate surface area is 349 Å². The van der Waals surface area contributed by atoms with Gasteiger partial charge in [0.1, 0.15) is 0 Å². The summed E-state index contributed by atoms with van der Waals surface area (Å²) in [5.41, 5.74) is 18.2. The van der Waals surface area contributed by atoms with Crippen LogP contribution in [0.2, 0.25) is 0 Å². The Bertz CT molecular complexity index is 3390. The number of para-hydroxylation sites is 4. The summed E-state index contributed by atoms with van der Waals surface area (Å²) >= 11 is 0. The van der Waals surface area contributed by atoms with E-state index in [1.165, 1.54) is 82.7 Å². The molecule has 0 aliphatic heterocycles. The number of benzene rings is 9. The van der Waals surface area contributed by atoms with Gasteiger partial charge in [-0.05, 0) is 118 Å². The fourth-order valence-corrected chi connectivity index (χ4v) is 10.2. The third kappa shape index (κ3) is 5.09. The molecular formula is C57H41N3. The molecule has 60 heavy (non-hydrogen) atoms. The van der Waals surface area contributed by atoms with Crippen LogP contribution < -0.4 is 4.90 Å². The molecule has 9 aromatic carbocycles. The number of rotatable bonds is 6. The Hall–Kier alpha value is -7.62. The van der Waals surface area contributed by atoms with Gasteiger partial charge in [0.15, 0.2) is 0 Å². The second-order valence-corrected chi connectivity index (χ2v) is 16.6. The summed E-state index contributed by atoms with van der Waals surface area (Å²) in [4.78, 5) is 2.36. The van der Waals surface area contributed by atoms with Gasteiger partial charge in [-0.15, -0.1) is 0 Å². The van der Waals surface area contributed by atoms with Gasteiger partial charge in [-0.25, -0.2) is 0 Å². The molecule has 0 bridgehead atoms. The molecule has 0 saturated carbocycles. The van der Waals surface area contributed by atoms with Gasteiger partial charge < -0.3 is 14.0 Å². The molecule has 11 aromatic rings. The lowest BCUT2D eigenvalue weighted by molar-refractivity contribution is 0.664. The highest BCUT2D eigenvalue weighted by Gasteiger charge is 2.38. The standard InChI is InChI=1S/C57H41N3/c1-57(2)51-24-14-12-22-45(51)47-32-33-48-50-37-44(58(40-16-6-3-7-17-40)41-18-8-4-9-19-41)31-35-54(50)60(56(48)55(47)57)43-29-26-38(27-30-43)39-28-34-53-49(36-39)46-23-13-15-25-52(46)59(53)42-20-10-5-11-21-42/h3-37H,1-2H3. The van der Waals surface area contributed by atoms with E-state index in [0.717, 1.165) is 22.7 Å². The van der Waals surface area contributed by atoms with Crippen molar-refractivity contribution in [3.05, 3.63) is 223 Å². The van der Waals surface area contributed by atoms with Crippen LogP contribution in [0.5, 0.6) is 0 Å². The lowest BCUT2D eigenvalue weighted by Gasteiger charge is -2.25. The Morgan fingerprint density at radius 3 is 1.68 bits per heavy atom. The molecule has 0 amide bonds. The van der Waals surface area contributed by atoms with Crippen LogP contribution in [0.1, 0.15) is 25.0 Å². The molecular weight excluding hydrogens is 727 g/mol. The van der Waals surface area contributed by atoms with E-state index in [0.29, 0.717) is 0 Å². The highest BCUT2D eigenvalue weighted by molar-refractivity contribution is 6.14. The predicted molar refractivity (Wildman–Crippen MR) is 253 cm³/mol. The van der Waals surface area contributed by atoms with E-state index < -0.39 is 0 Å². The van der Waals surface area contributed by atoms with Crippen molar-refractivity contribution in [1.82, 2.24) is 9.13 Å². The molecule has 2 heterocycles. The molecule has 0 N–H and O–H groups in total. The zero-order chi connectivity index (χ0) is 40.0. The summed E-state index contributed by atoms with van der Waals surface area (Å²) in [7, 11) is 0. The smallest absolute Gasteiger partial charge is 0.0588 e. The van der Waals surface area contributed by atoms with Crippen LogP contribution in [0.15, 0.2) is 212 Å². The highest BCUT2D eigenvalue weighted by atomic mass is 15.1. The van der Waals surface area contributed by atoms with Gasteiger partial charge in [-0.3, -0.25) is 0 Å². The van der Waals surface area contributed by atoms with Gasteiger partial charge in [0.05, 0.1) is 22.1 Å². The zero-order valence-corrected chi connectivity index (χ0v) is 33.5. The second kappa shape index (κ2) is 13.2. The topological polar surface area (TPSA) is 13.1 Å². The molecule has 3 heteroatoms. The van der Waals surface area contributed by atoms with Crippen LogP contribution in [0, 0.1) is 0 Å². The SMILES string of the molecule is CC1(C)c2ccccc2-c2ccc3c4cc(N(c5ccccc5)c5ccccc5)ccc4n(-c4ccc(-c5ccc6c(c5)c5ccccc5n6-c5ccccc5)cc4)c3c21. The molecule has 1 aliphatic rings. The monoisotopic (exact) mass is 767 g/mol. The third-order valence-electron chi connectivity index (χ3n) is 12.9. The van der Waals surface area contributed by atoms with Crippen molar-refractivity contribution in [2.24, 2.45) is 0 Å². The first kappa shape index (κ1) is 34.4. The predicted octanol–water partition coefficient (Wildman–Crippen LogP) is 15.3. The fraction of sp³-hybridized carbons (Fsp3) is 0.0526. The van der Waals surface area contributed by atoms with Crippen molar-refractivity contribution < 1.29 is 0 Å². The van der Waals surface area contributed by atoms with Crippen molar-refractivity contribution in [2.45, 2.75) is 19.3 Å². The normalized spacial score (nSPS) is 13.0. The number of nitrogens with zero attached hydrogens (tertiary/aromatic N) is 3. The second-order valence-electron chi connectivity index (χ2n) is 16.6. The highest BCUT2D eigenvalue weighted by Crippen LogP contribution is 2.53. The van der Waals surface area contributed by atoms with Crippen molar-refractivity contribution in [1.29, 1.82) is 0 Å². The van der Waals surface area contributed by atoms with Gasteiger partial charge >= 0.3 is 0 Å². The number of fused-ring (bicyclic) bond motifs is 10. The van der Waals surface area contributed by atoms with Crippen LogP contribution in [0.25, 0.3) is 77.2 Å². The molecule has 1 aliphatic carbocycles. The van der Waals surface area contributed by atoms with E-state index in [-0.39, 0.29) is 5.41 Å². The molecule has 0 unspecified atom stereocenters. The van der Waals surface area contributed by atoms with E-state index in [1.807, 2.05) is 0 Å². The summed E-state index contributed by atoms with van der Waals surface area (Å²) < 4.78 is 4.90. The summed E-state index contributed by atoms with van der Waals surface area (Å²) in [5.74, 6) is 0. The van der Waals surface area contributed by atoms with E-state index >= 15 is 0 Å². The largest absolute Gasteiger partial charge is 0.310 e. The van der Waals surface area contributed by atoms with E-state index in [1.54, 1.807) is 0 Å². The molecule has 284 valence electrons. The Morgan fingerprint density at radius 2 is 0.933 bits per heavy atom. The van der Waals surface area contributed by atoms with Crippen molar-refractivity contribution in [2.75, 3.05) is 4.90 Å². The molecule has 0 fully saturated rings. The third-order valence-corrected chi connectivity index (χ3v) is 12.9. The molecule has 0 saturated heterocycles. The lowest BCUT2D eigenvalue weighted by atomic mass is 9.81. The first-order valence-electron chi connectivity index (χ1n) is 20.9. The van der Waals surface area contributed by atoms with Crippen LogP contribution in [0.3, 0.4) is 0 Å². The summed E-state index contributed by atoms with van der Waals surface area (Å²) in [6.07, 6.45) is 0. The first-order chi connectivity index (χ1) is 29.5. The average Bonchev–Trinajstić information content (AvgIpc) is 3.90. The Kier molecular flexibility index (Phi) is 7.58. The van der Waals surface area contributed by atoms with Crippen LogP contribution >= 0.6 is 0 Å². The van der Waals surface area contributed by atoms with E-state index in [4.69, 9.17) is 0 Å².